The molecule has 0 amide bonds. The number of aromatic nitrogens is 4. The minimum Gasteiger partial charge on any atom is -0.859 e. The number of hydrogen-bond donors (Lipinski definition) is 0. The molecule has 4 aromatic heterocycles. The van der Waals surface area contributed by atoms with E-state index in [0.29, 0.717) is 0 Å². The molecule has 0 saturated carbocycles. The predicted molar refractivity (Wildman–Crippen MR) is 407 cm³/mol. The van der Waals surface area contributed by atoms with E-state index in [1.165, 1.54) is 80.5 Å². The third-order valence-electron chi connectivity index (χ3n) is 13.4. The molecule has 12 aromatic rings. The van der Waals surface area contributed by atoms with Gasteiger partial charge < -0.3 is 45.4 Å². The second-order valence-corrected chi connectivity index (χ2v) is 30.8. The Kier molecular flexibility index (Phi) is 44.2. The molecule has 8 aromatic carbocycles. The smallest absolute Gasteiger partial charge is 0.859 e. The fourth-order valence-corrected chi connectivity index (χ4v) is 19.7. The second kappa shape index (κ2) is 50.4. The Morgan fingerprint density at radius 2 is 0.546 bits per heavy atom. The van der Waals surface area contributed by atoms with Gasteiger partial charge in [0, 0.05) is 29.7 Å². The number of alkyl halides is 2. The van der Waals surface area contributed by atoms with Gasteiger partial charge in [-0.1, -0.05) is 194 Å². The van der Waals surface area contributed by atoms with Crippen molar-refractivity contribution in [2.75, 3.05) is 5.34 Å². The van der Waals surface area contributed by atoms with Crippen molar-refractivity contribution in [2.24, 2.45) is 0 Å². The molecule has 0 aliphatic heterocycles. The van der Waals surface area contributed by atoms with Crippen LogP contribution in [0.3, 0.4) is 0 Å². The van der Waals surface area contributed by atoms with Crippen molar-refractivity contribution in [1.82, 2.24) is 19.9 Å². The Hall–Kier alpha value is -7.99. The molecule has 0 saturated heterocycles. The summed E-state index contributed by atoms with van der Waals surface area (Å²) in [7, 11) is -3.88. The number of pyridine rings is 4. The Morgan fingerprint density at radius 3 is 0.763 bits per heavy atom. The van der Waals surface area contributed by atoms with E-state index in [1.807, 2.05) is 60.7 Å². The Morgan fingerprint density at radius 1 is 0.340 bits per heavy atom. The van der Waals surface area contributed by atoms with Crippen LogP contribution in [0.15, 0.2) is 330 Å². The topological polar surface area (TPSA) is 243 Å². The third-order valence-corrected chi connectivity index (χ3v) is 24.4. The molecule has 4 heterocycles. The number of halogens is 2. The molecule has 0 spiro atoms. The summed E-state index contributed by atoms with van der Waals surface area (Å²) in [6.07, 6.45) is 2.93. The molecular weight excluding hydrogens is 1500 g/mol. The first kappa shape index (κ1) is 85.1. The Bertz CT molecular complexity index is 3920. The first-order valence-electron chi connectivity index (χ1n) is 29.7. The van der Waals surface area contributed by atoms with Crippen LogP contribution in [0.25, 0.3) is 0 Å². The van der Waals surface area contributed by atoms with Crippen LogP contribution in [0, 0.1) is 22.7 Å². The molecule has 0 aliphatic carbocycles. The number of nitrogens with zero attached hydrogens (tertiary/aromatic N) is 6. The fourth-order valence-electron chi connectivity index (χ4n) is 9.61. The van der Waals surface area contributed by atoms with E-state index in [0.717, 1.165) is 47.4 Å². The van der Waals surface area contributed by atoms with Gasteiger partial charge >= 0.3 is 39.0 Å². The molecule has 496 valence electrons. The van der Waals surface area contributed by atoms with E-state index >= 15 is 0 Å². The van der Waals surface area contributed by atoms with Gasteiger partial charge in [-0.2, -0.15) is 10.5 Å². The van der Waals surface area contributed by atoms with Crippen molar-refractivity contribution >= 4 is 97.3 Å². The standard InChI is InChI=1S/2C18H17N2O2P.2C18H15P.2C2H3N.CH2Cl2.2H2O.2Ru/c2*21-17-10-4-6-14(19-17)12-23(16-8-2-1-3-9-16)13-15-7-5-11-18(22)20-15;2*1-4-10-16(11-5-1)19(17-12-6-2-7-13-17)18-14-8-3-9-15-18;2*1-2-3;2-1-3;;;;/h2*1-11H,12-13H2,(H2,19,20,21,22);2*1-15H;2*1H3;1H2;2*1H2;;/q;;;;;;;;;2*+2/p+2. The van der Waals surface area contributed by atoms with Crippen molar-refractivity contribution in [3.05, 3.63) is 369 Å². The zero-order valence-corrected chi connectivity index (χ0v) is 62.5. The molecule has 0 radical (unpaired) electrons. The summed E-state index contributed by atoms with van der Waals surface area (Å²) in [5.74, 6) is -0.211. The SMILES string of the molecule is CC#N.CC#N.ClCCl.O=c1cccc(C[PH+](Cc2cccc(=O)[n-]2)c2ccccc2)[n-]1.O=c1cccc(C[PH+](Cc2cccc([O-])n2)c2ccccc2)[n-]1.[OH3+].[OH3+].[Ru+2].[Ru+2].c1ccc([PH+](c2ccccc2)c2ccccc2)cc1.c1ccc([PH+](c2ccccc2)c2ccccc2)cc1. The van der Waals surface area contributed by atoms with Gasteiger partial charge in [0.25, 0.3) is 0 Å². The molecule has 6 N–H and O–H groups in total. The van der Waals surface area contributed by atoms with Crippen molar-refractivity contribution in [1.29, 1.82) is 10.5 Å². The van der Waals surface area contributed by atoms with Crippen molar-refractivity contribution < 1.29 is 55.0 Å². The molecule has 12 nitrogen and oxygen atoms in total. The van der Waals surface area contributed by atoms with E-state index in [4.69, 9.17) is 33.7 Å². The number of hydrogen-bond acceptors (Lipinski definition) is 7. The summed E-state index contributed by atoms with van der Waals surface area (Å²) >= 11 is 9.53. The van der Waals surface area contributed by atoms with Crippen LogP contribution in [0.2, 0.25) is 0 Å². The average molecular weight is 1580 g/mol. The summed E-state index contributed by atoms with van der Waals surface area (Å²) in [6, 6.07) is 109. The van der Waals surface area contributed by atoms with Gasteiger partial charge in [-0.05, 0) is 127 Å². The van der Waals surface area contributed by atoms with Crippen molar-refractivity contribution in [3.8, 4) is 18.0 Å². The van der Waals surface area contributed by atoms with Crippen LogP contribution in [-0.4, -0.2) is 10.3 Å². The van der Waals surface area contributed by atoms with Crippen LogP contribution in [-0.2, 0) is 74.6 Å². The predicted octanol–water partition coefficient (Wildman–Crippen LogP) is 10.3. The molecule has 97 heavy (non-hydrogen) atoms. The zero-order chi connectivity index (χ0) is 66.1. The maximum absolute atomic E-state index is 11.5. The minimum absolute atomic E-state index is 0. The van der Waals surface area contributed by atoms with E-state index in [9.17, 15) is 19.5 Å². The Labute approximate surface area is 609 Å². The van der Waals surface area contributed by atoms with Gasteiger partial charge in [0.1, 0.15) is 38.0 Å². The molecule has 12 rings (SSSR count). The first-order valence-corrected chi connectivity index (χ1v) is 37.6. The first-order chi connectivity index (χ1) is 45.5. The molecule has 0 aliphatic rings. The van der Waals surface area contributed by atoms with E-state index in [2.05, 4.69) is 226 Å². The maximum atomic E-state index is 11.5. The minimum atomic E-state index is -1.06. The van der Waals surface area contributed by atoms with Crippen LogP contribution in [0.1, 0.15) is 36.6 Å². The molecule has 1 atom stereocenters. The quantitative estimate of drug-likeness (QED) is 0.0383. The molecule has 0 bridgehead atoms. The number of rotatable bonds is 16. The van der Waals surface area contributed by atoms with Crippen LogP contribution in [0.5, 0.6) is 5.88 Å². The largest absolute Gasteiger partial charge is 2.00 e. The van der Waals surface area contributed by atoms with Gasteiger partial charge in [-0.15, -0.1) is 40.3 Å². The van der Waals surface area contributed by atoms with Crippen LogP contribution < -0.4 is 79.2 Å². The van der Waals surface area contributed by atoms with Gasteiger partial charge in [0.15, 0.2) is 0 Å². The second-order valence-electron chi connectivity index (χ2n) is 20.0. The fraction of sp³-hybridized carbons (Fsp3) is 0.0909. The Balaban J connectivity index is 0.000000417. The van der Waals surface area contributed by atoms with Gasteiger partial charge in [0.05, 0.1) is 84.8 Å². The van der Waals surface area contributed by atoms with Crippen molar-refractivity contribution in [3.63, 3.8) is 0 Å². The number of nitriles is 2. The summed E-state index contributed by atoms with van der Waals surface area (Å²) in [5, 5.41) is 37.4. The summed E-state index contributed by atoms with van der Waals surface area (Å²) in [4.78, 5) is 50.7. The van der Waals surface area contributed by atoms with Gasteiger partial charge in [0.2, 0.25) is 0 Å². The van der Waals surface area contributed by atoms with E-state index < -0.39 is 31.7 Å². The normalized spacial score (nSPS) is 9.91. The van der Waals surface area contributed by atoms with E-state index in [1.54, 1.807) is 36.4 Å². The number of benzene rings is 8. The summed E-state index contributed by atoms with van der Waals surface area (Å²) in [5.41, 5.74) is 2.56. The summed E-state index contributed by atoms with van der Waals surface area (Å²) in [6.45, 7) is 2.86. The average Bonchev–Trinajstić information content (AvgIpc) is 0.892. The van der Waals surface area contributed by atoms with E-state index in [-0.39, 0.29) is 77.8 Å². The molecule has 20 heteroatoms. The molecular formula is C77H78Cl2N6O6P4Ru2+6. The molecule has 1 unspecified atom stereocenters. The maximum Gasteiger partial charge on any atom is 2.00 e. The van der Waals surface area contributed by atoms with Crippen LogP contribution >= 0.6 is 54.9 Å². The zero-order valence-electron chi connectivity index (χ0n) is 53.5. The van der Waals surface area contributed by atoms with Crippen LogP contribution in [0.4, 0.5) is 0 Å². The summed E-state index contributed by atoms with van der Waals surface area (Å²) < 4.78 is 0. The monoisotopic (exact) mass is 1580 g/mol. The molecule has 0 fully saturated rings. The van der Waals surface area contributed by atoms with Gasteiger partial charge in [-0.3, -0.25) is 4.98 Å². The third kappa shape index (κ3) is 31.4. The van der Waals surface area contributed by atoms with Gasteiger partial charge in [-0.25, -0.2) is 0 Å². The van der Waals surface area contributed by atoms with Crippen molar-refractivity contribution in [2.45, 2.75) is 38.5 Å².